The molecule has 0 saturated heterocycles. The molecule has 0 spiro atoms. The minimum atomic E-state index is -1.25. The molecule has 12 heavy (non-hydrogen) atoms. The number of rotatable bonds is 3. The van der Waals surface area contributed by atoms with Gasteiger partial charge in [0.15, 0.2) is 0 Å². The second kappa shape index (κ2) is 4.79. The van der Waals surface area contributed by atoms with Crippen molar-refractivity contribution in [2.24, 2.45) is 0 Å². The van der Waals surface area contributed by atoms with Gasteiger partial charge in [-0.1, -0.05) is 0 Å². The monoisotopic (exact) mass is 246 g/mol. The van der Waals surface area contributed by atoms with Crippen LogP contribution in [0.3, 0.4) is 0 Å². The third-order valence-electron chi connectivity index (χ3n) is 1.61. The van der Waals surface area contributed by atoms with Gasteiger partial charge in [-0.15, -0.1) is 0 Å². The predicted octanol–water partition coefficient (Wildman–Crippen LogP) is 2.15. The maximum atomic E-state index is 6.21. The number of hydrogen-bond acceptors (Lipinski definition) is 1. The van der Waals surface area contributed by atoms with Gasteiger partial charge < -0.3 is 0 Å². The Kier molecular flexibility index (Phi) is 3.97. The fourth-order valence-corrected chi connectivity index (χ4v) is 3.34. The SMILES string of the molecule is CC[As](Cl)c1cccc(OC)c1. The molecule has 1 nitrogen and oxygen atoms in total. The van der Waals surface area contributed by atoms with Crippen LogP contribution in [-0.2, 0) is 0 Å². The number of methoxy groups -OCH3 is 1. The van der Waals surface area contributed by atoms with Crippen LogP contribution in [0.1, 0.15) is 6.92 Å². The van der Waals surface area contributed by atoms with Crippen LogP contribution in [0.25, 0.3) is 0 Å². The standard InChI is InChI=1S/C9H12AsClO/c1-3-10(11)8-5-4-6-9(7-8)12-2/h4-7H,3H2,1-2H3. The number of halogens is 1. The third kappa shape index (κ3) is 2.43. The summed E-state index contributed by atoms with van der Waals surface area (Å²) in [6.45, 7) is 2.13. The van der Waals surface area contributed by atoms with Crippen LogP contribution in [-0.4, -0.2) is 20.8 Å². The zero-order chi connectivity index (χ0) is 8.97. The summed E-state index contributed by atoms with van der Waals surface area (Å²) in [4.78, 5) is 0. The Morgan fingerprint density at radius 1 is 1.50 bits per heavy atom. The van der Waals surface area contributed by atoms with E-state index in [1.165, 1.54) is 4.35 Å². The van der Waals surface area contributed by atoms with E-state index >= 15 is 0 Å². The minimum absolute atomic E-state index is 0.904. The summed E-state index contributed by atoms with van der Waals surface area (Å²) in [7, 11) is 7.89. The van der Waals surface area contributed by atoms with E-state index in [4.69, 9.17) is 14.7 Å². The third-order valence-corrected chi connectivity index (χ3v) is 6.79. The molecular formula is C9H12AsClO. The van der Waals surface area contributed by atoms with Crippen molar-refractivity contribution in [3.8, 4) is 5.75 Å². The van der Waals surface area contributed by atoms with Crippen LogP contribution >= 0.6 is 9.95 Å². The van der Waals surface area contributed by atoms with Gasteiger partial charge in [0.05, 0.1) is 0 Å². The Hall–Kier alpha value is -0.132. The van der Waals surface area contributed by atoms with E-state index < -0.39 is 13.7 Å². The molecular weight excluding hydrogens is 234 g/mol. The Morgan fingerprint density at radius 3 is 2.83 bits per heavy atom. The van der Waals surface area contributed by atoms with E-state index in [9.17, 15) is 0 Å². The average Bonchev–Trinajstić information content (AvgIpc) is 2.17. The summed E-state index contributed by atoms with van der Waals surface area (Å²) in [5, 5.41) is 1.09. The van der Waals surface area contributed by atoms with Crippen LogP contribution in [0, 0.1) is 0 Å². The Balaban J connectivity index is 2.86. The number of ether oxygens (including phenoxy) is 1. The first-order valence-corrected chi connectivity index (χ1v) is 8.58. The molecule has 0 fully saturated rings. The fraction of sp³-hybridized carbons (Fsp3) is 0.333. The van der Waals surface area contributed by atoms with Gasteiger partial charge >= 0.3 is 82.0 Å². The second-order valence-corrected chi connectivity index (χ2v) is 8.43. The summed E-state index contributed by atoms with van der Waals surface area (Å²) >= 11 is -1.25. The Bertz CT molecular complexity index is 252. The van der Waals surface area contributed by atoms with Gasteiger partial charge in [-0.05, 0) is 0 Å². The van der Waals surface area contributed by atoms with Crippen molar-refractivity contribution in [2.45, 2.75) is 12.1 Å². The van der Waals surface area contributed by atoms with Gasteiger partial charge in [-0.2, -0.15) is 0 Å². The van der Waals surface area contributed by atoms with Crippen LogP contribution < -0.4 is 9.09 Å². The van der Waals surface area contributed by atoms with E-state index in [1.54, 1.807) is 7.11 Å². The van der Waals surface area contributed by atoms with Gasteiger partial charge in [0, 0.05) is 0 Å². The molecule has 0 amide bonds. The molecule has 66 valence electrons. The zero-order valence-electron chi connectivity index (χ0n) is 7.25. The van der Waals surface area contributed by atoms with E-state index in [0.717, 1.165) is 11.0 Å². The van der Waals surface area contributed by atoms with E-state index in [-0.39, 0.29) is 0 Å². The Morgan fingerprint density at radius 2 is 2.25 bits per heavy atom. The number of hydrogen-bond donors (Lipinski definition) is 0. The molecule has 0 bridgehead atoms. The van der Waals surface area contributed by atoms with Crippen LogP contribution in [0.15, 0.2) is 24.3 Å². The van der Waals surface area contributed by atoms with Crippen LogP contribution in [0.4, 0.5) is 0 Å². The van der Waals surface area contributed by atoms with E-state index in [0.29, 0.717) is 0 Å². The van der Waals surface area contributed by atoms with Gasteiger partial charge in [0.1, 0.15) is 0 Å². The summed E-state index contributed by atoms with van der Waals surface area (Å²) < 4.78 is 6.38. The second-order valence-electron chi connectivity index (χ2n) is 2.38. The molecule has 0 saturated carbocycles. The molecule has 0 N–H and O–H groups in total. The normalized spacial score (nSPS) is 12.6. The van der Waals surface area contributed by atoms with Crippen molar-refractivity contribution >= 4 is 28.0 Å². The number of benzene rings is 1. The van der Waals surface area contributed by atoms with Gasteiger partial charge in [-0.25, -0.2) is 0 Å². The molecule has 0 heterocycles. The molecule has 1 atom stereocenters. The predicted molar refractivity (Wildman–Crippen MR) is 54.7 cm³/mol. The van der Waals surface area contributed by atoms with Gasteiger partial charge in [0.2, 0.25) is 0 Å². The molecule has 0 aromatic heterocycles. The summed E-state index contributed by atoms with van der Waals surface area (Å²) in [6.07, 6.45) is 0. The van der Waals surface area contributed by atoms with E-state index in [2.05, 4.69) is 13.0 Å². The maximum absolute atomic E-state index is 6.21. The van der Waals surface area contributed by atoms with Crippen molar-refractivity contribution in [1.82, 2.24) is 0 Å². The van der Waals surface area contributed by atoms with Crippen molar-refractivity contribution in [2.75, 3.05) is 7.11 Å². The molecule has 0 aliphatic carbocycles. The molecule has 1 rings (SSSR count). The molecule has 0 aliphatic heterocycles. The van der Waals surface area contributed by atoms with Gasteiger partial charge in [0.25, 0.3) is 0 Å². The average molecular weight is 247 g/mol. The first kappa shape index (κ1) is 9.95. The molecule has 1 aromatic rings. The summed E-state index contributed by atoms with van der Waals surface area (Å²) in [5.74, 6) is 0.904. The molecule has 1 unspecified atom stereocenters. The van der Waals surface area contributed by atoms with Crippen molar-refractivity contribution < 1.29 is 4.74 Å². The first-order chi connectivity index (χ1) is 5.77. The molecule has 0 radical (unpaired) electrons. The van der Waals surface area contributed by atoms with Crippen molar-refractivity contribution in [1.29, 1.82) is 0 Å². The summed E-state index contributed by atoms with van der Waals surface area (Å²) in [6, 6.07) is 8.06. The Labute approximate surface area is 82.1 Å². The molecule has 1 aromatic carbocycles. The quantitative estimate of drug-likeness (QED) is 0.743. The first-order valence-electron chi connectivity index (χ1n) is 3.85. The van der Waals surface area contributed by atoms with Crippen LogP contribution in [0.2, 0.25) is 5.21 Å². The van der Waals surface area contributed by atoms with Crippen molar-refractivity contribution in [3.63, 3.8) is 0 Å². The molecule has 0 aliphatic rings. The van der Waals surface area contributed by atoms with E-state index in [1.807, 2.05) is 18.2 Å². The fourth-order valence-electron chi connectivity index (χ4n) is 0.944. The topological polar surface area (TPSA) is 9.23 Å². The molecule has 3 heteroatoms. The van der Waals surface area contributed by atoms with Crippen LogP contribution in [0.5, 0.6) is 5.75 Å². The van der Waals surface area contributed by atoms with Crippen molar-refractivity contribution in [3.05, 3.63) is 24.3 Å². The summed E-state index contributed by atoms with van der Waals surface area (Å²) in [5.41, 5.74) is 0. The zero-order valence-corrected chi connectivity index (χ0v) is 9.88. The van der Waals surface area contributed by atoms with Gasteiger partial charge in [-0.3, -0.25) is 0 Å².